The van der Waals surface area contributed by atoms with E-state index in [1.807, 2.05) is 42.1 Å². The molecule has 2 saturated heterocycles. The van der Waals surface area contributed by atoms with Gasteiger partial charge in [-0.2, -0.15) is 13.2 Å². The lowest BCUT2D eigenvalue weighted by molar-refractivity contribution is -0.137. The van der Waals surface area contributed by atoms with E-state index in [1.54, 1.807) is 17.8 Å². The first-order valence-corrected chi connectivity index (χ1v) is 20.5. The first-order chi connectivity index (χ1) is 25.6. The summed E-state index contributed by atoms with van der Waals surface area (Å²) in [6.07, 6.45) is -2.25. The van der Waals surface area contributed by atoms with Crippen LogP contribution in [0.15, 0.2) is 105 Å². The molecule has 4 aliphatic rings. The zero-order chi connectivity index (χ0) is 37.0. The number of rotatable bonds is 8. The summed E-state index contributed by atoms with van der Waals surface area (Å²) in [5, 5.41) is 0.808. The highest BCUT2D eigenvalue weighted by molar-refractivity contribution is 8.00. The quantitative estimate of drug-likeness (QED) is 0.174. The van der Waals surface area contributed by atoms with Crippen molar-refractivity contribution in [1.29, 1.82) is 0 Å². The van der Waals surface area contributed by atoms with E-state index < -0.39 is 11.7 Å². The smallest absolute Gasteiger partial charge is 0.340 e. The summed E-state index contributed by atoms with van der Waals surface area (Å²) in [6.45, 7) is 12.8. The van der Waals surface area contributed by atoms with Crippen LogP contribution in [0.4, 0.5) is 35.9 Å². The van der Waals surface area contributed by atoms with Gasteiger partial charge in [0.15, 0.2) is 0 Å². The predicted octanol–water partition coefficient (Wildman–Crippen LogP) is 9.53. The Morgan fingerprint density at radius 3 is 1.45 bits per heavy atom. The van der Waals surface area contributed by atoms with Crippen LogP contribution in [-0.2, 0) is 6.18 Å². The van der Waals surface area contributed by atoms with Gasteiger partial charge in [-0.15, -0.1) is 0 Å². The molecule has 4 aromatic rings. The molecule has 0 radical (unpaired) electrons. The summed E-state index contributed by atoms with van der Waals surface area (Å²) in [5.74, 6) is 0. The van der Waals surface area contributed by atoms with E-state index in [0.717, 1.165) is 79.2 Å². The van der Waals surface area contributed by atoms with Crippen molar-refractivity contribution in [3.63, 3.8) is 0 Å². The van der Waals surface area contributed by atoms with Gasteiger partial charge >= 0.3 is 6.18 Å². The molecule has 0 spiro atoms. The Labute approximate surface area is 325 Å². The van der Waals surface area contributed by atoms with Gasteiger partial charge in [0.25, 0.3) is 0 Å². The van der Waals surface area contributed by atoms with Gasteiger partial charge in [0.1, 0.15) is 0 Å². The summed E-state index contributed by atoms with van der Waals surface area (Å²) < 4.78 is 39.8. The van der Waals surface area contributed by atoms with E-state index in [4.69, 9.17) is 11.6 Å². The SMILES string of the molecule is CN1CCN(CCCN2c3ccccc3Sc3ccc(C(F)(F)F)cc32)CC1.CN1CCN(CCCN2c3ccccc3Sc3ccc(Cl)cc32)CC1. The molecule has 0 saturated carbocycles. The maximum atomic E-state index is 13.3. The van der Waals surface area contributed by atoms with Gasteiger partial charge in [0.2, 0.25) is 0 Å². The van der Waals surface area contributed by atoms with Gasteiger partial charge in [0.05, 0.1) is 28.3 Å². The molecule has 0 atom stereocenters. The highest BCUT2D eigenvalue weighted by Crippen LogP contribution is 2.50. The Kier molecular flexibility index (Phi) is 12.5. The Hall–Kier alpha value is -2.90. The molecule has 4 heterocycles. The van der Waals surface area contributed by atoms with E-state index in [1.165, 1.54) is 59.5 Å². The number of fused-ring (bicyclic) bond motifs is 4. The molecule has 0 aromatic heterocycles. The monoisotopic (exact) mass is 780 g/mol. The lowest BCUT2D eigenvalue weighted by Crippen LogP contribution is -2.45. The lowest BCUT2D eigenvalue weighted by atomic mass is 10.1. The standard InChI is InChI=1S/C21H24F3N3S.C20H24ClN3S/c1-25-11-13-26(14-12-25)9-4-10-27-17-5-2-3-6-19(17)28-20-8-7-16(15-18(20)27)21(22,23)24;1-22-11-13-23(14-12-22)9-4-10-24-17-5-2-3-6-19(17)25-20-8-7-16(21)15-18(20)24/h2-3,5-8,15H,4,9-14H2,1H3;2-3,5-8,15H,4,9-14H2,1H3. The number of likely N-dealkylation sites (N-methyl/N-ethyl adjacent to an activating group) is 2. The molecule has 12 heteroatoms. The number of para-hydroxylation sites is 2. The summed E-state index contributed by atoms with van der Waals surface area (Å²) in [6, 6.07) is 27.0. The van der Waals surface area contributed by atoms with Gasteiger partial charge in [0, 0.05) is 90.1 Å². The molecule has 0 aliphatic carbocycles. The normalized spacial score (nSPS) is 18.1. The zero-order valence-electron chi connectivity index (χ0n) is 30.5. The topological polar surface area (TPSA) is 19.4 Å². The van der Waals surface area contributed by atoms with Crippen LogP contribution in [0.25, 0.3) is 0 Å². The predicted molar refractivity (Wildman–Crippen MR) is 215 cm³/mol. The fraction of sp³-hybridized carbons (Fsp3) is 0.415. The number of anilines is 4. The van der Waals surface area contributed by atoms with Crippen LogP contribution in [0.5, 0.6) is 0 Å². The second-order valence-electron chi connectivity index (χ2n) is 14.2. The summed E-state index contributed by atoms with van der Waals surface area (Å²) >= 11 is 9.67. The number of hydrogen-bond donors (Lipinski definition) is 0. The van der Waals surface area contributed by atoms with Crippen LogP contribution in [0.1, 0.15) is 18.4 Å². The van der Waals surface area contributed by atoms with Crippen LogP contribution in [0.3, 0.4) is 0 Å². The van der Waals surface area contributed by atoms with Gasteiger partial charge < -0.3 is 29.4 Å². The Balaban J connectivity index is 0.000000165. The summed E-state index contributed by atoms with van der Waals surface area (Å²) in [7, 11) is 4.34. The van der Waals surface area contributed by atoms with Gasteiger partial charge in [-0.1, -0.05) is 59.4 Å². The minimum absolute atomic E-state index is 0.588. The molecule has 53 heavy (non-hydrogen) atoms. The fourth-order valence-corrected chi connectivity index (χ4v) is 9.66. The first-order valence-electron chi connectivity index (χ1n) is 18.5. The average molecular weight is 781 g/mol. The van der Waals surface area contributed by atoms with Gasteiger partial charge in [-0.3, -0.25) is 0 Å². The number of halogens is 4. The molecule has 4 aliphatic heterocycles. The van der Waals surface area contributed by atoms with Crippen molar-refractivity contribution in [1.82, 2.24) is 19.6 Å². The van der Waals surface area contributed by atoms with E-state index in [9.17, 15) is 13.2 Å². The van der Waals surface area contributed by atoms with Crippen LogP contribution >= 0.6 is 35.1 Å². The summed E-state index contributed by atoms with van der Waals surface area (Å²) in [5.41, 5.74) is 3.63. The minimum Gasteiger partial charge on any atom is -0.340 e. The number of hydrogen-bond acceptors (Lipinski definition) is 8. The van der Waals surface area contributed by atoms with Crippen molar-refractivity contribution in [2.45, 2.75) is 38.6 Å². The minimum atomic E-state index is -4.33. The van der Waals surface area contributed by atoms with Crippen molar-refractivity contribution in [2.24, 2.45) is 0 Å². The second kappa shape index (κ2) is 17.3. The lowest BCUT2D eigenvalue weighted by Gasteiger charge is -2.35. The van der Waals surface area contributed by atoms with E-state index >= 15 is 0 Å². The van der Waals surface area contributed by atoms with Crippen molar-refractivity contribution >= 4 is 57.9 Å². The maximum absolute atomic E-state index is 13.3. The molecule has 282 valence electrons. The first kappa shape index (κ1) is 38.4. The molecule has 0 bridgehead atoms. The molecule has 8 rings (SSSR count). The molecular weight excluding hydrogens is 733 g/mol. The van der Waals surface area contributed by atoms with Crippen molar-refractivity contribution in [3.8, 4) is 0 Å². The Morgan fingerprint density at radius 2 is 0.962 bits per heavy atom. The Bertz CT molecular complexity index is 1840. The van der Waals surface area contributed by atoms with Crippen molar-refractivity contribution < 1.29 is 13.2 Å². The third-order valence-corrected chi connectivity index (χ3v) is 12.9. The largest absolute Gasteiger partial charge is 0.416 e. The maximum Gasteiger partial charge on any atom is 0.416 e. The highest BCUT2D eigenvalue weighted by Gasteiger charge is 2.33. The third-order valence-electron chi connectivity index (χ3n) is 10.4. The second-order valence-corrected chi connectivity index (χ2v) is 16.8. The molecule has 4 aromatic carbocycles. The molecule has 0 amide bonds. The van der Waals surface area contributed by atoms with Crippen LogP contribution in [0, 0.1) is 0 Å². The highest BCUT2D eigenvalue weighted by atomic mass is 35.5. The molecule has 2 fully saturated rings. The van der Waals surface area contributed by atoms with Crippen molar-refractivity contribution in [2.75, 3.05) is 102 Å². The van der Waals surface area contributed by atoms with E-state index in [2.05, 4.69) is 79.9 Å². The van der Waals surface area contributed by atoms with E-state index in [-0.39, 0.29) is 0 Å². The van der Waals surface area contributed by atoms with Crippen LogP contribution in [-0.4, -0.2) is 112 Å². The number of piperazine rings is 2. The number of nitrogens with zero attached hydrogens (tertiary/aromatic N) is 6. The fourth-order valence-electron chi connectivity index (χ4n) is 7.34. The van der Waals surface area contributed by atoms with Gasteiger partial charge in [-0.25, -0.2) is 0 Å². The molecule has 0 unspecified atom stereocenters. The molecule has 6 nitrogen and oxygen atoms in total. The van der Waals surface area contributed by atoms with Crippen LogP contribution < -0.4 is 9.80 Å². The zero-order valence-corrected chi connectivity index (χ0v) is 32.9. The third kappa shape index (κ3) is 9.50. The van der Waals surface area contributed by atoms with Crippen LogP contribution in [0.2, 0.25) is 5.02 Å². The Morgan fingerprint density at radius 1 is 0.528 bits per heavy atom. The molecular formula is C41H48ClF3N6S2. The summed E-state index contributed by atoms with van der Waals surface area (Å²) in [4.78, 5) is 18.9. The average Bonchev–Trinajstić information content (AvgIpc) is 3.15. The van der Waals surface area contributed by atoms with Crippen molar-refractivity contribution in [3.05, 3.63) is 95.5 Å². The number of benzene rings is 4. The molecule has 0 N–H and O–H groups in total. The number of alkyl halides is 3. The van der Waals surface area contributed by atoms with E-state index in [0.29, 0.717) is 12.2 Å². The van der Waals surface area contributed by atoms with Gasteiger partial charge in [-0.05, 0) is 101 Å².